The standard InChI is InChI=1S/C29H43N3O2/c1-29(2,3)24-13-11-23(12-14-24)21-32(25-9-5-4-6-10-25)22-26-15-16-27(34-26)28(33)30-17-20-31-18-7-8-19-31/h11-16,25H,4-10,17-22H2,1-3H3,(H,30,33). The van der Waals surface area contributed by atoms with Gasteiger partial charge in [0.05, 0.1) is 6.54 Å². The third-order valence-corrected chi connectivity index (χ3v) is 7.45. The van der Waals surface area contributed by atoms with Crippen LogP contribution in [0.5, 0.6) is 0 Å². The summed E-state index contributed by atoms with van der Waals surface area (Å²) in [6.07, 6.45) is 8.96. The molecular weight excluding hydrogens is 422 g/mol. The highest BCUT2D eigenvalue weighted by Crippen LogP contribution is 2.27. The fourth-order valence-electron chi connectivity index (χ4n) is 5.31. The Morgan fingerprint density at radius 1 is 0.971 bits per heavy atom. The minimum atomic E-state index is -0.104. The minimum Gasteiger partial charge on any atom is -0.455 e. The van der Waals surface area contributed by atoms with Gasteiger partial charge in [0.2, 0.25) is 0 Å². The predicted octanol–water partition coefficient (Wildman–Crippen LogP) is 5.74. The van der Waals surface area contributed by atoms with Crippen LogP contribution in [-0.2, 0) is 18.5 Å². The number of carbonyl (C=O) groups excluding carboxylic acids is 1. The first-order valence-electron chi connectivity index (χ1n) is 13.3. The van der Waals surface area contributed by atoms with Crippen LogP contribution >= 0.6 is 0 Å². The summed E-state index contributed by atoms with van der Waals surface area (Å²) < 4.78 is 6.02. The van der Waals surface area contributed by atoms with Gasteiger partial charge in [-0.3, -0.25) is 9.69 Å². The van der Waals surface area contributed by atoms with E-state index in [1.54, 1.807) is 0 Å². The van der Waals surface area contributed by atoms with E-state index in [9.17, 15) is 4.79 Å². The van der Waals surface area contributed by atoms with Crippen LogP contribution in [0.4, 0.5) is 0 Å². The van der Waals surface area contributed by atoms with Crippen molar-refractivity contribution < 1.29 is 9.21 Å². The highest BCUT2D eigenvalue weighted by Gasteiger charge is 2.23. The fraction of sp³-hybridized carbons (Fsp3) is 0.621. The molecule has 1 aliphatic heterocycles. The molecular formula is C29H43N3O2. The topological polar surface area (TPSA) is 48.7 Å². The Morgan fingerprint density at radius 2 is 1.68 bits per heavy atom. The van der Waals surface area contributed by atoms with Crippen LogP contribution in [0.1, 0.15) is 93.2 Å². The first-order valence-corrected chi connectivity index (χ1v) is 13.3. The van der Waals surface area contributed by atoms with Gasteiger partial charge in [-0.15, -0.1) is 0 Å². The highest BCUT2D eigenvalue weighted by molar-refractivity contribution is 5.91. The summed E-state index contributed by atoms with van der Waals surface area (Å²) in [4.78, 5) is 17.5. The van der Waals surface area contributed by atoms with E-state index in [0.29, 0.717) is 18.3 Å². The highest BCUT2D eigenvalue weighted by atomic mass is 16.4. The zero-order valence-electron chi connectivity index (χ0n) is 21.4. The molecule has 34 heavy (non-hydrogen) atoms. The van der Waals surface area contributed by atoms with Gasteiger partial charge in [0.1, 0.15) is 5.76 Å². The summed E-state index contributed by atoms with van der Waals surface area (Å²) in [5.41, 5.74) is 2.87. The Morgan fingerprint density at radius 3 is 2.35 bits per heavy atom. The maximum atomic E-state index is 12.6. The second kappa shape index (κ2) is 11.5. The number of nitrogens with zero attached hydrogens (tertiary/aromatic N) is 2. The lowest BCUT2D eigenvalue weighted by atomic mass is 9.86. The number of rotatable bonds is 9. The molecule has 2 heterocycles. The third-order valence-electron chi connectivity index (χ3n) is 7.45. The lowest BCUT2D eigenvalue weighted by Gasteiger charge is -2.34. The molecule has 5 heteroatoms. The number of amides is 1. The Hall–Kier alpha value is -2.11. The van der Waals surface area contributed by atoms with Crippen molar-refractivity contribution in [1.29, 1.82) is 0 Å². The van der Waals surface area contributed by atoms with Crippen molar-refractivity contribution in [3.63, 3.8) is 0 Å². The fourth-order valence-corrected chi connectivity index (χ4v) is 5.31. The average molecular weight is 466 g/mol. The van der Waals surface area contributed by atoms with Crippen LogP contribution in [0.25, 0.3) is 0 Å². The first kappa shape index (κ1) is 25.0. The van der Waals surface area contributed by atoms with Gasteiger partial charge in [-0.25, -0.2) is 0 Å². The summed E-state index contributed by atoms with van der Waals surface area (Å²) in [6, 6.07) is 13.5. The molecule has 1 aliphatic carbocycles. The molecule has 1 amide bonds. The molecule has 186 valence electrons. The van der Waals surface area contributed by atoms with Crippen molar-refractivity contribution >= 4 is 5.91 Å². The van der Waals surface area contributed by atoms with Crippen molar-refractivity contribution in [1.82, 2.24) is 15.1 Å². The van der Waals surface area contributed by atoms with E-state index in [1.807, 2.05) is 12.1 Å². The van der Waals surface area contributed by atoms with Crippen molar-refractivity contribution in [3.8, 4) is 0 Å². The predicted molar refractivity (Wildman–Crippen MR) is 138 cm³/mol. The second-order valence-corrected chi connectivity index (χ2v) is 11.2. The summed E-state index contributed by atoms with van der Waals surface area (Å²) >= 11 is 0. The molecule has 1 saturated carbocycles. The van der Waals surface area contributed by atoms with Crippen molar-refractivity contribution in [2.24, 2.45) is 0 Å². The lowest BCUT2D eigenvalue weighted by molar-refractivity contribution is 0.0912. The van der Waals surface area contributed by atoms with E-state index in [0.717, 1.165) is 38.5 Å². The van der Waals surface area contributed by atoms with Crippen LogP contribution in [0.15, 0.2) is 40.8 Å². The van der Waals surface area contributed by atoms with Crippen LogP contribution < -0.4 is 5.32 Å². The van der Waals surface area contributed by atoms with E-state index >= 15 is 0 Å². The Kier molecular flexibility index (Phi) is 8.49. The number of benzene rings is 1. The van der Waals surface area contributed by atoms with E-state index in [-0.39, 0.29) is 11.3 Å². The van der Waals surface area contributed by atoms with E-state index in [2.05, 4.69) is 60.2 Å². The quantitative estimate of drug-likeness (QED) is 0.513. The SMILES string of the molecule is CC(C)(C)c1ccc(CN(Cc2ccc(C(=O)NCCN3CCCC3)o2)C2CCCCC2)cc1. The molecule has 1 aromatic heterocycles. The molecule has 1 N–H and O–H groups in total. The number of likely N-dealkylation sites (tertiary alicyclic amines) is 1. The molecule has 5 nitrogen and oxygen atoms in total. The Labute approximate surface area is 205 Å². The molecule has 2 aliphatic rings. The van der Waals surface area contributed by atoms with Gasteiger partial charge in [-0.1, -0.05) is 64.3 Å². The normalized spacial score (nSPS) is 18.0. The summed E-state index contributed by atoms with van der Waals surface area (Å²) in [5, 5.41) is 3.03. The van der Waals surface area contributed by atoms with Crippen LogP contribution in [0.2, 0.25) is 0 Å². The molecule has 1 saturated heterocycles. The van der Waals surface area contributed by atoms with Crippen molar-refractivity contribution in [2.45, 2.75) is 90.3 Å². The van der Waals surface area contributed by atoms with Crippen LogP contribution in [0.3, 0.4) is 0 Å². The largest absolute Gasteiger partial charge is 0.455 e. The number of hydrogen-bond donors (Lipinski definition) is 1. The summed E-state index contributed by atoms with van der Waals surface area (Å²) in [7, 11) is 0. The molecule has 2 fully saturated rings. The molecule has 0 atom stereocenters. The summed E-state index contributed by atoms with van der Waals surface area (Å²) in [6.45, 7) is 12.3. The molecule has 0 unspecified atom stereocenters. The minimum absolute atomic E-state index is 0.104. The Bertz CT molecular complexity index is 900. The maximum Gasteiger partial charge on any atom is 0.287 e. The van der Waals surface area contributed by atoms with Gasteiger partial charge in [0.25, 0.3) is 5.91 Å². The average Bonchev–Trinajstić information content (AvgIpc) is 3.51. The third kappa shape index (κ3) is 6.96. The van der Waals surface area contributed by atoms with Gasteiger partial charge < -0.3 is 14.6 Å². The van der Waals surface area contributed by atoms with Crippen LogP contribution in [0, 0.1) is 0 Å². The number of furan rings is 1. The van der Waals surface area contributed by atoms with Gasteiger partial charge in [0, 0.05) is 25.7 Å². The first-order chi connectivity index (χ1) is 16.4. The van der Waals surface area contributed by atoms with Crippen molar-refractivity contribution in [3.05, 3.63) is 59.0 Å². The van der Waals surface area contributed by atoms with Gasteiger partial charge >= 0.3 is 0 Å². The molecule has 1 aromatic carbocycles. The van der Waals surface area contributed by atoms with Crippen molar-refractivity contribution in [2.75, 3.05) is 26.2 Å². The van der Waals surface area contributed by atoms with Gasteiger partial charge in [-0.05, 0) is 67.4 Å². The van der Waals surface area contributed by atoms with E-state index < -0.39 is 0 Å². The Balaban J connectivity index is 1.37. The molecule has 2 aromatic rings. The molecule has 4 rings (SSSR count). The molecule has 0 spiro atoms. The van der Waals surface area contributed by atoms with Gasteiger partial charge in [-0.2, -0.15) is 0 Å². The van der Waals surface area contributed by atoms with Crippen LogP contribution in [-0.4, -0.2) is 47.9 Å². The zero-order chi connectivity index (χ0) is 24.0. The zero-order valence-corrected chi connectivity index (χ0v) is 21.4. The van der Waals surface area contributed by atoms with E-state index in [4.69, 9.17) is 4.42 Å². The molecule has 0 bridgehead atoms. The number of hydrogen-bond acceptors (Lipinski definition) is 4. The number of nitrogens with one attached hydrogen (secondary N) is 1. The van der Waals surface area contributed by atoms with E-state index in [1.165, 1.54) is 56.1 Å². The summed E-state index contributed by atoms with van der Waals surface area (Å²) in [5.74, 6) is 1.20. The maximum absolute atomic E-state index is 12.6. The number of carbonyl (C=O) groups is 1. The lowest BCUT2D eigenvalue weighted by Crippen LogP contribution is -2.35. The van der Waals surface area contributed by atoms with Gasteiger partial charge in [0.15, 0.2) is 5.76 Å². The monoisotopic (exact) mass is 465 g/mol. The smallest absolute Gasteiger partial charge is 0.287 e. The molecule has 0 radical (unpaired) electrons. The second-order valence-electron chi connectivity index (χ2n) is 11.2.